The minimum absolute atomic E-state index is 0. The number of likely N-dealkylation sites (tertiary alicyclic amines) is 1. The van der Waals surface area contributed by atoms with E-state index in [-0.39, 0.29) is 30.0 Å². The molecular weight excluding hydrogens is 379 g/mol. The molecule has 0 aromatic heterocycles. The van der Waals surface area contributed by atoms with Gasteiger partial charge in [-0.25, -0.2) is 0 Å². The van der Waals surface area contributed by atoms with Crippen molar-refractivity contribution in [3.05, 3.63) is 0 Å². The van der Waals surface area contributed by atoms with Crippen LogP contribution in [0.1, 0.15) is 33.6 Å². The fraction of sp³-hybridized carbons (Fsp3) is 0.933. The fourth-order valence-corrected chi connectivity index (χ4v) is 2.64. The van der Waals surface area contributed by atoms with E-state index in [1.165, 1.54) is 25.9 Å². The number of piperidine rings is 1. The van der Waals surface area contributed by atoms with Gasteiger partial charge in [0.1, 0.15) is 0 Å². The van der Waals surface area contributed by atoms with E-state index in [0.29, 0.717) is 6.61 Å². The highest BCUT2D eigenvalue weighted by Gasteiger charge is 2.15. The summed E-state index contributed by atoms with van der Waals surface area (Å²) in [5.41, 5.74) is 0. The van der Waals surface area contributed by atoms with Crippen LogP contribution in [0.2, 0.25) is 0 Å². The first-order chi connectivity index (χ1) is 9.65. The predicted octanol–water partition coefficient (Wildman–Crippen LogP) is 1.93. The van der Waals surface area contributed by atoms with Crippen molar-refractivity contribution in [2.75, 3.05) is 46.4 Å². The normalized spacial score (nSPS) is 21.5. The van der Waals surface area contributed by atoms with Gasteiger partial charge >= 0.3 is 0 Å². The molecule has 5 nitrogen and oxygen atoms in total. The molecule has 0 bridgehead atoms. The van der Waals surface area contributed by atoms with Crippen molar-refractivity contribution in [3.8, 4) is 0 Å². The highest BCUT2D eigenvalue weighted by atomic mass is 127. The number of nitrogens with one attached hydrogen (secondary N) is 2. The Morgan fingerprint density at radius 3 is 2.86 bits per heavy atom. The maximum atomic E-state index is 5.14. The van der Waals surface area contributed by atoms with Crippen LogP contribution in [0.4, 0.5) is 0 Å². The topological polar surface area (TPSA) is 48.9 Å². The molecule has 2 unspecified atom stereocenters. The highest BCUT2D eigenvalue weighted by molar-refractivity contribution is 14.0. The molecule has 1 heterocycles. The molecule has 2 atom stereocenters. The van der Waals surface area contributed by atoms with Gasteiger partial charge in [0.05, 0.1) is 13.2 Å². The Morgan fingerprint density at radius 2 is 2.24 bits per heavy atom. The molecule has 0 aliphatic carbocycles. The average Bonchev–Trinajstić information content (AvgIpc) is 2.39. The summed E-state index contributed by atoms with van der Waals surface area (Å²) < 4.78 is 5.14. The molecule has 126 valence electrons. The van der Waals surface area contributed by atoms with E-state index in [9.17, 15) is 0 Å². The summed E-state index contributed by atoms with van der Waals surface area (Å²) in [6.45, 7) is 12.5. The SMILES string of the molecule is CCNC(=NCCN1CCCC(C)C1)NC(C)COC.I. The Hall–Kier alpha value is -0.0800. The quantitative estimate of drug-likeness (QED) is 0.381. The number of guanidine groups is 1. The number of rotatable bonds is 7. The second kappa shape index (κ2) is 12.5. The lowest BCUT2D eigenvalue weighted by Gasteiger charge is -2.30. The smallest absolute Gasteiger partial charge is 0.191 e. The van der Waals surface area contributed by atoms with Crippen LogP contribution >= 0.6 is 24.0 Å². The van der Waals surface area contributed by atoms with E-state index >= 15 is 0 Å². The van der Waals surface area contributed by atoms with Crippen LogP contribution in [0.15, 0.2) is 4.99 Å². The third-order valence-corrected chi connectivity index (χ3v) is 3.57. The van der Waals surface area contributed by atoms with Crippen molar-refractivity contribution in [3.63, 3.8) is 0 Å². The summed E-state index contributed by atoms with van der Waals surface area (Å²) in [6.07, 6.45) is 2.70. The molecule has 0 radical (unpaired) electrons. The number of halogens is 1. The molecule has 1 aliphatic heterocycles. The molecule has 2 N–H and O–H groups in total. The molecule has 0 amide bonds. The van der Waals surface area contributed by atoms with Crippen molar-refractivity contribution in [1.82, 2.24) is 15.5 Å². The molecule has 1 fully saturated rings. The van der Waals surface area contributed by atoms with Gasteiger partial charge in [-0.15, -0.1) is 24.0 Å². The largest absolute Gasteiger partial charge is 0.383 e. The summed E-state index contributed by atoms with van der Waals surface area (Å²) >= 11 is 0. The van der Waals surface area contributed by atoms with Gasteiger partial charge < -0.3 is 20.3 Å². The minimum Gasteiger partial charge on any atom is -0.383 e. The van der Waals surface area contributed by atoms with E-state index in [2.05, 4.69) is 41.3 Å². The van der Waals surface area contributed by atoms with Crippen molar-refractivity contribution >= 4 is 29.9 Å². The van der Waals surface area contributed by atoms with Crippen LogP contribution in [-0.4, -0.2) is 63.3 Å². The van der Waals surface area contributed by atoms with E-state index in [1.54, 1.807) is 7.11 Å². The zero-order valence-electron chi connectivity index (χ0n) is 14.0. The Balaban J connectivity index is 0.00000400. The first kappa shape index (κ1) is 20.9. The Labute approximate surface area is 147 Å². The molecular formula is C15H33IN4O. The summed E-state index contributed by atoms with van der Waals surface area (Å²) in [4.78, 5) is 7.18. The lowest BCUT2D eigenvalue weighted by molar-refractivity contribution is 0.178. The summed E-state index contributed by atoms with van der Waals surface area (Å²) in [5.74, 6) is 1.72. The monoisotopic (exact) mass is 412 g/mol. The van der Waals surface area contributed by atoms with Crippen LogP contribution in [-0.2, 0) is 4.74 Å². The van der Waals surface area contributed by atoms with Gasteiger partial charge in [0, 0.05) is 32.8 Å². The molecule has 1 aliphatic rings. The average molecular weight is 412 g/mol. The summed E-state index contributed by atoms with van der Waals surface area (Å²) in [7, 11) is 1.72. The lowest BCUT2D eigenvalue weighted by Crippen LogP contribution is -2.44. The zero-order valence-corrected chi connectivity index (χ0v) is 16.4. The zero-order chi connectivity index (χ0) is 14.8. The van der Waals surface area contributed by atoms with Gasteiger partial charge in [-0.05, 0) is 39.2 Å². The van der Waals surface area contributed by atoms with Crippen LogP contribution in [0.5, 0.6) is 0 Å². The number of ether oxygens (including phenoxy) is 1. The highest BCUT2D eigenvalue weighted by Crippen LogP contribution is 2.14. The van der Waals surface area contributed by atoms with Gasteiger partial charge in [0.25, 0.3) is 0 Å². The second-order valence-corrected chi connectivity index (χ2v) is 5.81. The fourth-order valence-electron chi connectivity index (χ4n) is 2.64. The standard InChI is InChI=1S/C15H32N4O.HI/c1-5-16-15(18-14(3)12-20-4)17-8-10-19-9-6-7-13(2)11-19;/h13-14H,5-12H2,1-4H3,(H2,16,17,18);1H. The maximum absolute atomic E-state index is 5.14. The summed E-state index contributed by atoms with van der Waals surface area (Å²) in [5, 5.41) is 6.64. The van der Waals surface area contributed by atoms with Gasteiger partial charge in [-0.2, -0.15) is 0 Å². The van der Waals surface area contributed by atoms with E-state index in [1.807, 2.05) is 0 Å². The van der Waals surface area contributed by atoms with E-state index in [4.69, 9.17) is 4.74 Å². The van der Waals surface area contributed by atoms with Gasteiger partial charge in [-0.1, -0.05) is 6.92 Å². The molecule has 0 spiro atoms. The number of aliphatic imine (C=N–C) groups is 1. The van der Waals surface area contributed by atoms with Crippen LogP contribution < -0.4 is 10.6 Å². The molecule has 21 heavy (non-hydrogen) atoms. The third kappa shape index (κ3) is 9.52. The summed E-state index contributed by atoms with van der Waals surface area (Å²) in [6, 6.07) is 0.271. The molecule has 1 rings (SSSR count). The first-order valence-electron chi connectivity index (χ1n) is 7.91. The predicted molar refractivity (Wildman–Crippen MR) is 101 cm³/mol. The van der Waals surface area contributed by atoms with Crippen LogP contribution in [0, 0.1) is 5.92 Å². The molecule has 0 aromatic carbocycles. The Kier molecular flexibility index (Phi) is 12.4. The van der Waals surface area contributed by atoms with Crippen molar-refractivity contribution < 1.29 is 4.74 Å². The van der Waals surface area contributed by atoms with Gasteiger partial charge in [-0.3, -0.25) is 4.99 Å². The third-order valence-electron chi connectivity index (χ3n) is 3.57. The van der Waals surface area contributed by atoms with Crippen molar-refractivity contribution in [2.24, 2.45) is 10.9 Å². The van der Waals surface area contributed by atoms with Crippen LogP contribution in [0.25, 0.3) is 0 Å². The van der Waals surface area contributed by atoms with Crippen molar-refractivity contribution in [2.45, 2.75) is 39.7 Å². The Bertz CT molecular complexity index is 289. The lowest BCUT2D eigenvalue weighted by atomic mass is 10.0. The van der Waals surface area contributed by atoms with Gasteiger partial charge in [0.15, 0.2) is 5.96 Å². The van der Waals surface area contributed by atoms with Crippen molar-refractivity contribution in [1.29, 1.82) is 0 Å². The number of hydrogen-bond acceptors (Lipinski definition) is 3. The molecule has 0 saturated carbocycles. The minimum atomic E-state index is 0. The maximum Gasteiger partial charge on any atom is 0.191 e. The number of nitrogens with zero attached hydrogens (tertiary/aromatic N) is 2. The van der Waals surface area contributed by atoms with Crippen LogP contribution in [0.3, 0.4) is 0 Å². The van der Waals surface area contributed by atoms with Gasteiger partial charge in [0.2, 0.25) is 0 Å². The Morgan fingerprint density at radius 1 is 1.48 bits per heavy atom. The van der Waals surface area contributed by atoms with E-state index < -0.39 is 0 Å². The molecule has 1 saturated heterocycles. The molecule has 0 aromatic rings. The number of methoxy groups -OCH3 is 1. The first-order valence-corrected chi connectivity index (χ1v) is 7.91. The second-order valence-electron chi connectivity index (χ2n) is 5.81. The van der Waals surface area contributed by atoms with E-state index in [0.717, 1.165) is 31.5 Å². The molecule has 6 heteroatoms. The number of hydrogen-bond donors (Lipinski definition) is 2.